The van der Waals surface area contributed by atoms with Crippen molar-refractivity contribution in [3.8, 4) is 0 Å². The third-order valence-corrected chi connectivity index (χ3v) is 5.51. The van der Waals surface area contributed by atoms with E-state index in [1.807, 2.05) is 39.8 Å². The van der Waals surface area contributed by atoms with E-state index in [0.29, 0.717) is 0 Å². The van der Waals surface area contributed by atoms with Gasteiger partial charge < -0.3 is 14.5 Å². The number of rotatable bonds is 3. The van der Waals surface area contributed by atoms with E-state index in [0.717, 1.165) is 36.8 Å². The monoisotopic (exact) mass is 334 g/mol. The normalized spacial score (nSPS) is 28.6. The van der Waals surface area contributed by atoms with Gasteiger partial charge in [-0.15, -0.1) is 0 Å². The van der Waals surface area contributed by atoms with Crippen LogP contribution in [0.3, 0.4) is 0 Å². The highest BCUT2D eigenvalue weighted by Crippen LogP contribution is 2.49. The van der Waals surface area contributed by atoms with E-state index >= 15 is 0 Å². The Morgan fingerprint density at radius 1 is 1.38 bits per heavy atom. The Bertz CT molecular complexity index is 594. The Balaban J connectivity index is 1.89. The minimum absolute atomic E-state index is 0.0874. The van der Waals surface area contributed by atoms with Gasteiger partial charge in [-0.25, -0.2) is 4.79 Å². The van der Waals surface area contributed by atoms with Crippen molar-refractivity contribution in [1.82, 2.24) is 10.2 Å². The predicted molar refractivity (Wildman–Crippen MR) is 92.9 cm³/mol. The summed E-state index contributed by atoms with van der Waals surface area (Å²) in [4.78, 5) is 14.9. The van der Waals surface area contributed by atoms with E-state index < -0.39 is 5.60 Å². The average molecular weight is 334 g/mol. The van der Waals surface area contributed by atoms with Crippen LogP contribution >= 0.6 is 0 Å². The average Bonchev–Trinajstić information content (AvgIpc) is 2.90. The van der Waals surface area contributed by atoms with Crippen LogP contribution in [0.5, 0.6) is 0 Å². The summed E-state index contributed by atoms with van der Waals surface area (Å²) in [6.07, 6.45) is 4.22. The van der Waals surface area contributed by atoms with Crippen LogP contribution in [0.2, 0.25) is 0 Å². The molecule has 5 heteroatoms. The van der Waals surface area contributed by atoms with Crippen molar-refractivity contribution in [2.45, 2.75) is 70.6 Å². The Hall–Kier alpha value is -1.49. The van der Waals surface area contributed by atoms with Crippen molar-refractivity contribution in [3.63, 3.8) is 0 Å². The molecule has 3 heterocycles. The lowest BCUT2D eigenvalue weighted by atomic mass is 9.66. The van der Waals surface area contributed by atoms with Crippen LogP contribution in [0, 0.1) is 12.8 Å². The van der Waals surface area contributed by atoms with Crippen molar-refractivity contribution in [1.29, 1.82) is 0 Å². The van der Waals surface area contributed by atoms with Crippen LogP contribution in [0.1, 0.15) is 64.0 Å². The van der Waals surface area contributed by atoms with E-state index in [1.54, 1.807) is 0 Å². The van der Waals surface area contributed by atoms with Gasteiger partial charge in [-0.1, -0.05) is 0 Å². The molecular formula is C19H30N2O3. The van der Waals surface area contributed by atoms with Gasteiger partial charge in [0.2, 0.25) is 0 Å². The summed E-state index contributed by atoms with van der Waals surface area (Å²) in [5.74, 6) is 2.48. The van der Waals surface area contributed by atoms with Crippen molar-refractivity contribution in [2.75, 3.05) is 13.6 Å². The SMILES string of the molecule is Cc1ccc(C(NC(=O)OC(C)(C)C)C23CCC(CC2)CN3C)o1. The molecule has 3 fully saturated rings. The molecule has 1 aromatic rings. The Morgan fingerprint density at radius 3 is 2.54 bits per heavy atom. The molecule has 1 amide bonds. The first-order chi connectivity index (χ1) is 11.2. The molecule has 2 aliphatic heterocycles. The van der Waals surface area contributed by atoms with Gasteiger partial charge in [-0.2, -0.15) is 0 Å². The summed E-state index contributed by atoms with van der Waals surface area (Å²) >= 11 is 0. The second kappa shape index (κ2) is 6.10. The Labute approximate surface area is 144 Å². The smallest absolute Gasteiger partial charge is 0.408 e. The van der Waals surface area contributed by atoms with E-state index in [2.05, 4.69) is 17.3 Å². The van der Waals surface area contributed by atoms with Gasteiger partial charge in [0.25, 0.3) is 0 Å². The maximum Gasteiger partial charge on any atom is 0.408 e. The molecule has 1 aromatic heterocycles. The van der Waals surface area contributed by atoms with E-state index in [9.17, 15) is 4.79 Å². The minimum Gasteiger partial charge on any atom is -0.464 e. The molecule has 2 bridgehead atoms. The topological polar surface area (TPSA) is 54.7 Å². The molecule has 3 aliphatic rings. The van der Waals surface area contributed by atoms with Crippen LogP contribution in [0.4, 0.5) is 4.79 Å². The molecule has 24 heavy (non-hydrogen) atoms. The number of alkyl carbamates (subject to hydrolysis) is 1. The first kappa shape index (κ1) is 17.3. The Kier molecular flexibility index (Phi) is 4.41. The Morgan fingerprint density at radius 2 is 2.04 bits per heavy atom. The molecular weight excluding hydrogens is 304 g/mol. The first-order valence-corrected chi connectivity index (χ1v) is 8.97. The molecule has 2 saturated heterocycles. The molecule has 1 N–H and O–H groups in total. The van der Waals surface area contributed by atoms with E-state index in [4.69, 9.17) is 9.15 Å². The number of furan rings is 1. The molecule has 134 valence electrons. The third-order valence-electron chi connectivity index (χ3n) is 5.51. The van der Waals surface area contributed by atoms with Gasteiger partial charge in [0.15, 0.2) is 0 Å². The predicted octanol–water partition coefficient (Wildman–Crippen LogP) is 4.03. The number of carbonyl (C=O) groups is 1. The summed E-state index contributed by atoms with van der Waals surface area (Å²) in [6.45, 7) is 8.68. The third kappa shape index (κ3) is 3.32. The fraction of sp³-hybridized carbons (Fsp3) is 0.737. The second-order valence-electron chi connectivity index (χ2n) is 8.46. The molecule has 1 unspecified atom stereocenters. The van der Waals surface area contributed by atoms with Crippen molar-refractivity contribution in [2.24, 2.45) is 5.92 Å². The molecule has 0 spiro atoms. The minimum atomic E-state index is -0.512. The number of hydrogen-bond donors (Lipinski definition) is 1. The highest BCUT2D eigenvalue weighted by atomic mass is 16.6. The fourth-order valence-corrected chi connectivity index (χ4v) is 4.32. The van der Waals surface area contributed by atoms with Gasteiger partial charge in [-0.3, -0.25) is 4.90 Å². The lowest BCUT2D eigenvalue weighted by molar-refractivity contribution is -0.0485. The number of hydrogen-bond acceptors (Lipinski definition) is 4. The number of ether oxygens (including phenoxy) is 1. The summed E-state index contributed by atoms with van der Waals surface area (Å²) in [7, 11) is 2.17. The molecule has 1 atom stereocenters. The number of nitrogens with one attached hydrogen (secondary N) is 1. The standard InChI is InChI=1S/C19H30N2O3/c1-13-6-7-15(23-13)16(20-17(22)24-18(2,3)4)19-10-8-14(9-11-19)12-21(19)5/h6-7,14,16H,8-12H2,1-5H3,(H,20,22). The number of amides is 1. The van der Waals surface area contributed by atoms with E-state index in [-0.39, 0.29) is 17.7 Å². The van der Waals surface area contributed by atoms with Crippen molar-refractivity contribution < 1.29 is 13.9 Å². The van der Waals surface area contributed by atoms with Crippen molar-refractivity contribution in [3.05, 3.63) is 23.7 Å². The number of fused-ring (bicyclic) bond motifs is 3. The zero-order chi connectivity index (χ0) is 17.5. The maximum absolute atomic E-state index is 12.5. The number of carbonyl (C=O) groups excluding carboxylic acids is 1. The molecule has 5 nitrogen and oxygen atoms in total. The summed E-state index contributed by atoms with van der Waals surface area (Å²) < 4.78 is 11.4. The largest absolute Gasteiger partial charge is 0.464 e. The zero-order valence-corrected chi connectivity index (χ0v) is 15.5. The maximum atomic E-state index is 12.5. The van der Waals surface area contributed by atoms with Crippen LogP contribution < -0.4 is 5.32 Å². The van der Waals surface area contributed by atoms with Crippen LogP contribution in [-0.4, -0.2) is 35.7 Å². The lowest BCUT2D eigenvalue weighted by Gasteiger charge is -2.56. The highest BCUT2D eigenvalue weighted by molar-refractivity contribution is 5.68. The molecule has 1 aliphatic carbocycles. The molecule has 0 radical (unpaired) electrons. The lowest BCUT2D eigenvalue weighted by Crippen LogP contribution is -2.62. The number of aryl methyl sites for hydroxylation is 1. The van der Waals surface area contributed by atoms with Gasteiger partial charge >= 0.3 is 6.09 Å². The van der Waals surface area contributed by atoms with E-state index in [1.165, 1.54) is 12.8 Å². The van der Waals surface area contributed by atoms with Gasteiger partial charge in [0.1, 0.15) is 23.2 Å². The van der Waals surface area contributed by atoms with Gasteiger partial charge in [0, 0.05) is 12.1 Å². The summed E-state index contributed by atoms with van der Waals surface area (Å²) in [5.41, 5.74) is -0.600. The molecule has 0 aromatic carbocycles. The van der Waals surface area contributed by atoms with Crippen molar-refractivity contribution >= 4 is 6.09 Å². The molecule has 1 saturated carbocycles. The number of piperidine rings is 2. The first-order valence-electron chi connectivity index (χ1n) is 8.97. The fourth-order valence-electron chi connectivity index (χ4n) is 4.32. The van der Waals surface area contributed by atoms with Crippen LogP contribution in [0.15, 0.2) is 16.5 Å². The highest BCUT2D eigenvalue weighted by Gasteiger charge is 2.51. The van der Waals surface area contributed by atoms with Crippen LogP contribution in [0.25, 0.3) is 0 Å². The molecule has 4 rings (SSSR count). The second-order valence-corrected chi connectivity index (χ2v) is 8.46. The quantitative estimate of drug-likeness (QED) is 0.907. The zero-order valence-electron chi connectivity index (χ0n) is 15.5. The van der Waals surface area contributed by atoms with Gasteiger partial charge in [0.05, 0.1) is 0 Å². The van der Waals surface area contributed by atoms with Crippen LogP contribution in [-0.2, 0) is 4.74 Å². The summed E-state index contributed by atoms with van der Waals surface area (Å²) in [6, 6.07) is 3.76. The van der Waals surface area contributed by atoms with Gasteiger partial charge in [-0.05, 0) is 78.5 Å². The summed E-state index contributed by atoms with van der Waals surface area (Å²) in [5, 5.41) is 3.12. The number of likely N-dealkylation sites (N-methyl/N-ethyl adjacent to an activating group) is 1. The number of nitrogens with zero attached hydrogens (tertiary/aromatic N) is 1.